The predicted molar refractivity (Wildman–Crippen MR) is 83.9 cm³/mol. The number of aryl methyl sites for hydroxylation is 1. The summed E-state index contributed by atoms with van der Waals surface area (Å²) in [5, 5.41) is 7.37. The van der Waals surface area contributed by atoms with Crippen LogP contribution in [0.15, 0.2) is 35.3 Å². The largest absolute Gasteiger partial charge is 0.383 e. The first kappa shape index (κ1) is 15.5. The molecule has 1 aromatic heterocycles. The maximum Gasteiger partial charge on any atom is 0.287 e. The minimum Gasteiger partial charge on any atom is -0.383 e. The number of methoxy groups -OCH3 is 1. The van der Waals surface area contributed by atoms with Crippen molar-refractivity contribution in [3.05, 3.63) is 57.0 Å². The van der Waals surface area contributed by atoms with Crippen LogP contribution < -0.4 is 10.9 Å². The Balaban J connectivity index is 2.10. The van der Waals surface area contributed by atoms with Crippen molar-refractivity contribution in [3.63, 3.8) is 0 Å². The second kappa shape index (κ2) is 7.24. The fourth-order valence-corrected chi connectivity index (χ4v) is 2.16. The van der Waals surface area contributed by atoms with Gasteiger partial charge in [-0.05, 0) is 12.5 Å². The van der Waals surface area contributed by atoms with Gasteiger partial charge in [0.05, 0.1) is 25.0 Å². The lowest BCUT2D eigenvalue weighted by atomic mass is 10.1. The lowest BCUT2D eigenvalue weighted by Gasteiger charge is -2.10. The molecule has 2 aromatic rings. The van der Waals surface area contributed by atoms with Gasteiger partial charge in [0.2, 0.25) is 0 Å². The molecule has 0 saturated carbocycles. The summed E-state index contributed by atoms with van der Waals surface area (Å²) >= 11 is 6.10. The van der Waals surface area contributed by atoms with E-state index in [0.29, 0.717) is 25.4 Å². The first-order valence-corrected chi connectivity index (χ1v) is 7.03. The Labute approximate surface area is 128 Å². The average Bonchev–Trinajstić information content (AvgIpc) is 2.48. The van der Waals surface area contributed by atoms with Crippen LogP contribution in [0.1, 0.15) is 11.1 Å². The van der Waals surface area contributed by atoms with Crippen LogP contribution in [0, 0.1) is 6.92 Å². The number of anilines is 1. The van der Waals surface area contributed by atoms with Gasteiger partial charge in [-0.2, -0.15) is 5.10 Å². The van der Waals surface area contributed by atoms with E-state index in [0.717, 1.165) is 5.56 Å². The summed E-state index contributed by atoms with van der Waals surface area (Å²) in [4.78, 5) is 12.0. The number of hydrogen-bond donors (Lipinski definition) is 1. The van der Waals surface area contributed by atoms with Crippen molar-refractivity contribution in [2.24, 2.45) is 0 Å². The molecule has 6 heteroatoms. The van der Waals surface area contributed by atoms with Gasteiger partial charge >= 0.3 is 0 Å². The van der Waals surface area contributed by atoms with Crippen LogP contribution in [0.25, 0.3) is 0 Å². The van der Waals surface area contributed by atoms with E-state index in [1.54, 1.807) is 13.3 Å². The summed E-state index contributed by atoms with van der Waals surface area (Å²) < 4.78 is 6.22. The van der Waals surface area contributed by atoms with E-state index < -0.39 is 0 Å². The van der Waals surface area contributed by atoms with E-state index in [-0.39, 0.29) is 10.6 Å². The zero-order valence-corrected chi connectivity index (χ0v) is 12.9. The van der Waals surface area contributed by atoms with Gasteiger partial charge in [-0.25, -0.2) is 4.68 Å². The van der Waals surface area contributed by atoms with Gasteiger partial charge in [0, 0.05) is 13.7 Å². The molecule has 5 nitrogen and oxygen atoms in total. The molecule has 1 N–H and O–H groups in total. The van der Waals surface area contributed by atoms with Gasteiger partial charge in [0.25, 0.3) is 5.56 Å². The second-order valence-electron chi connectivity index (χ2n) is 4.74. The molecule has 0 unspecified atom stereocenters. The SMILES string of the molecule is COCCn1ncc(NCc2cccc(C)c2)c(Cl)c1=O. The number of nitrogens with one attached hydrogen (secondary N) is 1. The Kier molecular flexibility index (Phi) is 5.36. The third-order valence-corrected chi connectivity index (χ3v) is 3.42. The number of halogens is 1. The van der Waals surface area contributed by atoms with Gasteiger partial charge in [-0.3, -0.25) is 4.79 Å². The first-order chi connectivity index (χ1) is 10.1. The molecule has 0 atom stereocenters. The summed E-state index contributed by atoms with van der Waals surface area (Å²) in [7, 11) is 1.57. The lowest BCUT2D eigenvalue weighted by Crippen LogP contribution is -2.26. The smallest absolute Gasteiger partial charge is 0.287 e. The molecule has 0 bridgehead atoms. The van der Waals surface area contributed by atoms with E-state index in [4.69, 9.17) is 16.3 Å². The Hall–Kier alpha value is -1.85. The lowest BCUT2D eigenvalue weighted by molar-refractivity contribution is 0.182. The minimum atomic E-state index is -0.317. The fourth-order valence-electron chi connectivity index (χ4n) is 1.94. The van der Waals surface area contributed by atoms with Gasteiger partial charge in [0.1, 0.15) is 5.02 Å². The molecule has 0 aliphatic rings. The molecule has 1 heterocycles. The highest BCUT2D eigenvalue weighted by Gasteiger charge is 2.08. The van der Waals surface area contributed by atoms with Gasteiger partial charge in [-0.1, -0.05) is 41.4 Å². The fraction of sp³-hybridized carbons (Fsp3) is 0.333. The van der Waals surface area contributed by atoms with Crippen molar-refractivity contribution < 1.29 is 4.74 Å². The molecule has 0 fully saturated rings. The van der Waals surface area contributed by atoms with E-state index in [9.17, 15) is 4.79 Å². The topological polar surface area (TPSA) is 56.1 Å². The number of ether oxygens (including phenoxy) is 1. The highest BCUT2D eigenvalue weighted by Crippen LogP contribution is 2.16. The molecule has 21 heavy (non-hydrogen) atoms. The van der Waals surface area contributed by atoms with Crippen molar-refractivity contribution >= 4 is 17.3 Å². The van der Waals surface area contributed by atoms with Crippen LogP contribution in [0.5, 0.6) is 0 Å². The van der Waals surface area contributed by atoms with Crippen molar-refractivity contribution in [1.29, 1.82) is 0 Å². The summed E-state index contributed by atoms with van der Waals surface area (Å²) in [6, 6.07) is 8.12. The minimum absolute atomic E-state index is 0.147. The third kappa shape index (κ3) is 4.06. The van der Waals surface area contributed by atoms with Crippen molar-refractivity contribution in [2.75, 3.05) is 19.0 Å². The molecule has 0 aliphatic heterocycles. The second-order valence-corrected chi connectivity index (χ2v) is 5.11. The molecule has 2 rings (SSSR count). The highest BCUT2D eigenvalue weighted by molar-refractivity contribution is 6.32. The van der Waals surface area contributed by atoms with Crippen molar-refractivity contribution in [2.45, 2.75) is 20.0 Å². The standard InChI is InChI=1S/C15H18ClN3O2/c1-11-4-3-5-12(8-11)9-17-13-10-18-19(6-7-21-2)15(20)14(13)16/h3-5,8,10,17H,6-7,9H2,1-2H3. The monoisotopic (exact) mass is 307 g/mol. The average molecular weight is 308 g/mol. The molecule has 112 valence electrons. The highest BCUT2D eigenvalue weighted by atomic mass is 35.5. The Morgan fingerprint density at radius 1 is 1.43 bits per heavy atom. The molecule has 1 aromatic carbocycles. The maximum absolute atomic E-state index is 12.0. The summed E-state index contributed by atoms with van der Waals surface area (Å²) in [6.07, 6.45) is 1.56. The summed E-state index contributed by atoms with van der Waals surface area (Å²) in [5.74, 6) is 0. The van der Waals surface area contributed by atoms with E-state index in [1.165, 1.54) is 10.2 Å². The first-order valence-electron chi connectivity index (χ1n) is 6.66. The van der Waals surface area contributed by atoms with Crippen LogP contribution in [-0.2, 0) is 17.8 Å². The van der Waals surface area contributed by atoms with Gasteiger partial charge in [-0.15, -0.1) is 0 Å². The number of benzene rings is 1. The Morgan fingerprint density at radius 2 is 2.24 bits per heavy atom. The van der Waals surface area contributed by atoms with Crippen LogP contribution in [0.4, 0.5) is 5.69 Å². The van der Waals surface area contributed by atoms with Crippen molar-refractivity contribution in [3.8, 4) is 0 Å². The summed E-state index contributed by atoms with van der Waals surface area (Å²) in [6.45, 7) is 3.42. The van der Waals surface area contributed by atoms with Crippen LogP contribution in [-0.4, -0.2) is 23.5 Å². The molecule has 0 spiro atoms. The normalized spacial score (nSPS) is 10.6. The number of hydrogen-bond acceptors (Lipinski definition) is 4. The van der Waals surface area contributed by atoms with E-state index in [2.05, 4.69) is 16.5 Å². The molecule has 0 amide bonds. The molecular weight excluding hydrogens is 290 g/mol. The van der Waals surface area contributed by atoms with E-state index >= 15 is 0 Å². The predicted octanol–water partition coefficient (Wildman–Crippen LogP) is 2.46. The molecular formula is C15H18ClN3O2. The Bertz CT molecular complexity index is 670. The number of rotatable bonds is 6. The molecule has 0 aliphatic carbocycles. The van der Waals surface area contributed by atoms with E-state index in [1.807, 2.05) is 25.1 Å². The zero-order valence-electron chi connectivity index (χ0n) is 12.1. The zero-order chi connectivity index (χ0) is 15.2. The van der Waals surface area contributed by atoms with Crippen LogP contribution in [0.3, 0.4) is 0 Å². The third-order valence-electron chi connectivity index (χ3n) is 3.06. The quantitative estimate of drug-likeness (QED) is 0.890. The number of aromatic nitrogens is 2. The maximum atomic E-state index is 12.0. The van der Waals surface area contributed by atoms with Gasteiger partial charge < -0.3 is 10.1 Å². The number of nitrogens with zero attached hydrogens (tertiary/aromatic N) is 2. The Morgan fingerprint density at radius 3 is 2.95 bits per heavy atom. The molecule has 0 radical (unpaired) electrons. The van der Waals surface area contributed by atoms with Crippen LogP contribution in [0.2, 0.25) is 5.02 Å². The van der Waals surface area contributed by atoms with Crippen LogP contribution >= 0.6 is 11.6 Å². The summed E-state index contributed by atoms with van der Waals surface area (Å²) in [5.41, 5.74) is 2.53. The molecule has 0 saturated heterocycles. The van der Waals surface area contributed by atoms with Gasteiger partial charge in [0.15, 0.2) is 0 Å². The van der Waals surface area contributed by atoms with Crippen molar-refractivity contribution in [1.82, 2.24) is 9.78 Å².